The van der Waals surface area contributed by atoms with Crippen LogP contribution in [0.2, 0.25) is 0 Å². The smallest absolute Gasteiger partial charge is 0.223 e. The topological polar surface area (TPSA) is 66.4 Å². The first-order chi connectivity index (χ1) is 10.9. The molecule has 0 aromatic rings. The molecule has 4 rings (SSSR count). The molecule has 4 nitrogen and oxygen atoms in total. The summed E-state index contributed by atoms with van der Waals surface area (Å²) in [4.78, 5) is 25.1. The lowest BCUT2D eigenvalue weighted by Crippen LogP contribution is -2.51. The number of amides is 1. The van der Waals surface area contributed by atoms with Gasteiger partial charge in [0.25, 0.3) is 0 Å². The van der Waals surface area contributed by atoms with Gasteiger partial charge in [-0.2, -0.15) is 0 Å². The summed E-state index contributed by atoms with van der Waals surface area (Å²) in [5.74, 6) is 1.86. The van der Waals surface area contributed by atoms with Crippen LogP contribution < -0.4 is 5.32 Å². The molecule has 2 N–H and O–H groups in total. The summed E-state index contributed by atoms with van der Waals surface area (Å²) in [6.45, 7) is 5.17. The standard InChI is InChI=1S/C19H29NO3/c1-18-7-5-11(21)9-15(18)17(23)20-10-12-13-3-4-16(22)19(13,2)8-6-14(12)18/h11-15,21H,3-10H2,1-2H3,(H,20,23)/t11-,12?,13-,14-,15+,18+,19-/m0/s1. The molecule has 0 aromatic carbocycles. The van der Waals surface area contributed by atoms with E-state index in [4.69, 9.17) is 0 Å². The van der Waals surface area contributed by atoms with Gasteiger partial charge in [0.1, 0.15) is 5.78 Å². The number of rotatable bonds is 0. The summed E-state index contributed by atoms with van der Waals surface area (Å²) in [5, 5.41) is 13.2. The van der Waals surface area contributed by atoms with Crippen LogP contribution in [0.1, 0.15) is 58.8 Å². The summed E-state index contributed by atoms with van der Waals surface area (Å²) in [6.07, 6.45) is 5.77. The van der Waals surface area contributed by atoms with Gasteiger partial charge in [-0.05, 0) is 61.7 Å². The Balaban J connectivity index is 1.71. The van der Waals surface area contributed by atoms with Crippen molar-refractivity contribution in [2.45, 2.75) is 64.9 Å². The van der Waals surface area contributed by atoms with Crippen molar-refractivity contribution in [1.29, 1.82) is 0 Å². The second kappa shape index (κ2) is 5.05. The predicted molar refractivity (Wildman–Crippen MR) is 86.5 cm³/mol. The first-order valence-corrected chi connectivity index (χ1v) is 9.35. The minimum atomic E-state index is -0.336. The number of Topliss-reactive ketones (excluding diaryl/α,β-unsaturated/α-hetero) is 1. The number of aliphatic hydroxyl groups excluding tert-OH is 1. The molecule has 1 heterocycles. The van der Waals surface area contributed by atoms with E-state index in [-0.39, 0.29) is 28.8 Å². The van der Waals surface area contributed by atoms with Gasteiger partial charge in [0.2, 0.25) is 5.91 Å². The molecule has 1 saturated heterocycles. The number of aliphatic hydroxyl groups is 1. The molecule has 3 aliphatic carbocycles. The maximum absolute atomic E-state index is 12.7. The fourth-order valence-electron chi connectivity index (χ4n) is 6.66. The zero-order valence-corrected chi connectivity index (χ0v) is 14.3. The second-order valence-electron chi connectivity index (χ2n) is 9.03. The van der Waals surface area contributed by atoms with E-state index in [9.17, 15) is 14.7 Å². The number of hydrogen-bond acceptors (Lipinski definition) is 3. The monoisotopic (exact) mass is 319 g/mol. The first kappa shape index (κ1) is 15.6. The van der Waals surface area contributed by atoms with Crippen molar-refractivity contribution in [3.63, 3.8) is 0 Å². The fraction of sp³-hybridized carbons (Fsp3) is 0.895. The first-order valence-electron chi connectivity index (χ1n) is 9.35. The molecule has 0 spiro atoms. The number of nitrogens with one attached hydrogen (secondary N) is 1. The molecule has 4 heteroatoms. The van der Waals surface area contributed by atoms with Crippen molar-refractivity contribution in [3.8, 4) is 0 Å². The van der Waals surface area contributed by atoms with E-state index in [1.54, 1.807) is 0 Å². The van der Waals surface area contributed by atoms with Gasteiger partial charge in [-0.3, -0.25) is 9.59 Å². The number of carbonyl (C=O) groups is 2. The van der Waals surface area contributed by atoms with Crippen molar-refractivity contribution in [2.75, 3.05) is 6.54 Å². The lowest BCUT2D eigenvalue weighted by molar-refractivity contribution is -0.139. The second-order valence-corrected chi connectivity index (χ2v) is 9.03. The average Bonchev–Trinajstić information content (AvgIpc) is 2.77. The van der Waals surface area contributed by atoms with Crippen LogP contribution >= 0.6 is 0 Å². The minimum absolute atomic E-state index is 0.0164. The molecule has 1 amide bonds. The van der Waals surface area contributed by atoms with Crippen LogP contribution in [-0.4, -0.2) is 29.4 Å². The molecule has 23 heavy (non-hydrogen) atoms. The van der Waals surface area contributed by atoms with Gasteiger partial charge in [-0.1, -0.05) is 13.8 Å². The van der Waals surface area contributed by atoms with E-state index in [0.29, 0.717) is 30.0 Å². The Bertz CT molecular complexity index is 547. The molecule has 1 unspecified atom stereocenters. The number of carbonyl (C=O) groups excluding carboxylic acids is 2. The summed E-state index contributed by atoms with van der Waals surface area (Å²) < 4.78 is 0. The summed E-state index contributed by atoms with van der Waals surface area (Å²) in [7, 11) is 0. The number of hydrogen-bond donors (Lipinski definition) is 2. The molecule has 0 bridgehead atoms. The summed E-state index contributed by atoms with van der Waals surface area (Å²) >= 11 is 0. The van der Waals surface area contributed by atoms with E-state index in [1.807, 2.05) is 0 Å². The maximum Gasteiger partial charge on any atom is 0.223 e. The van der Waals surface area contributed by atoms with Gasteiger partial charge in [-0.15, -0.1) is 0 Å². The average molecular weight is 319 g/mol. The molecular formula is C19H29NO3. The van der Waals surface area contributed by atoms with Gasteiger partial charge < -0.3 is 10.4 Å². The van der Waals surface area contributed by atoms with Crippen molar-refractivity contribution in [1.82, 2.24) is 5.32 Å². The quantitative estimate of drug-likeness (QED) is 0.720. The van der Waals surface area contributed by atoms with E-state index in [1.165, 1.54) is 0 Å². The summed E-state index contributed by atoms with van der Waals surface area (Å²) in [6, 6.07) is 0. The minimum Gasteiger partial charge on any atom is -0.393 e. The molecule has 1 aliphatic heterocycles. The van der Waals surface area contributed by atoms with Crippen LogP contribution in [0.4, 0.5) is 0 Å². The summed E-state index contributed by atoms with van der Waals surface area (Å²) in [5.41, 5.74) is -0.173. The zero-order valence-electron chi connectivity index (χ0n) is 14.3. The third-order valence-corrected chi connectivity index (χ3v) is 8.14. The van der Waals surface area contributed by atoms with Crippen LogP contribution in [0, 0.1) is 34.5 Å². The van der Waals surface area contributed by atoms with Gasteiger partial charge >= 0.3 is 0 Å². The largest absolute Gasteiger partial charge is 0.393 e. The van der Waals surface area contributed by atoms with Gasteiger partial charge in [-0.25, -0.2) is 0 Å². The van der Waals surface area contributed by atoms with Crippen molar-refractivity contribution in [2.24, 2.45) is 34.5 Å². The predicted octanol–water partition coefficient (Wildman–Crippen LogP) is 2.30. The molecule has 3 saturated carbocycles. The van der Waals surface area contributed by atoms with Gasteiger partial charge in [0, 0.05) is 24.3 Å². The van der Waals surface area contributed by atoms with E-state index in [2.05, 4.69) is 19.2 Å². The van der Waals surface area contributed by atoms with Gasteiger partial charge in [0.05, 0.1) is 6.10 Å². The van der Waals surface area contributed by atoms with Gasteiger partial charge in [0.15, 0.2) is 0 Å². The highest BCUT2D eigenvalue weighted by Gasteiger charge is 2.60. The molecule has 4 aliphatic rings. The van der Waals surface area contributed by atoms with E-state index < -0.39 is 0 Å². The molecule has 7 atom stereocenters. The van der Waals surface area contributed by atoms with Crippen molar-refractivity contribution >= 4 is 11.7 Å². The highest BCUT2D eigenvalue weighted by atomic mass is 16.3. The van der Waals surface area contributed by atoms with Crippen LogP contribution in [0.3, 0.4) is 0 Å². The van der Waals surface area contributed by atoms with Crippen LogP contribution in [0.15, 0.2) is 0 Å². The Morgan fingerprint density at radius 3 is 2.65 bits per heavy atom. The third kappa shape index (κ3) is 2.06. The Kier molecular flexibility index (Phi) is 3.43. The Morgan fingerprint density at radius 2 is 1.87 bits per heavy atom. The Morgan fingerprint density at radius 1 is 1.09 bits per heavy atom. The number of ketones is 1. The van der Waals surface area contributed by atoms with E-state index >= 15 is 0 Å². The highest BCUT2D eigenvalue weighted by molar-refractivity contribution is 5.87. The Hall–Kier alpha value is -0.900. The molecule has 0 radical (unpaired) electrons. The van der Waals surface area contributed by atoms with E-state index in [0.717, 1.165) is 45.1 Å². The molecule has 4 fully saturated rings. The molecule has 128 valence electrons. The van der Waals surface area contributed by atoms with Crippen LogP contribution in [-0.2, 0) is 9.59 Å². The third-order valence-electron chi connectivity index (χ3n) is 8.14. The highest BCUT2D eigenvalue weighted by Crippen LogP contribution is 2.61. The normalized spacial score (nSPS) is 52.9. The lowest BCUT2D eigenvalue weighted by atomic mass is 9.50. The van der Waals surface area contributed by atoms with Crippen LogP contribution in [0.25, 0.3) is 0 Å². The molecule has 0 aromatic heterocycles. The van der Waals surface area contributed by atoms with Crippen molar-refractivity contribution < 1.29 is 14.7 Å². The maximum atomic E-state index is 12.7. The number of fused-ring (bicyclic) bond motifs is 5. The zero-order chi connectivity index (χ0) is 16.4. The fourth-order valence-corrected chi connectivity index (χ4v) is 6.66. The Labute approximate surface area is 138 Å². The SMILES string of the molecule is C[C@]12CC[C@H](O)C[C@@H]1C(=O)NCC1[C@@H]2CC[C@]2(C)C(=O)CC[C@@H]12. The molecular weight excluding hydrogens is 290 g/mol. The lowest BCUT2D eigenvalue weighted by Gasteiger charge is -2.53. The van der Waals surface area contributed by atoms with Crippen molar-refractivity contribution in [3.05, 3.63) is 0 Å². The van der Waals surface area contributed by atoms with Crippen LogP contribution in [0.5, 0.6) is 0 Å².